The molecule has 118 valence electrons. The van der Waals surface area contributed by atoms with Crippen molar-refractivity contribution < 1.29 is 14.0 Å². The van der Waals surface area contributed by atoms with Gasteiger partial charge in [0.15, 0.2) is 11.5 Å². The summed E-state index contributed by atoms with van der Waals surface area (Å²) in [5, 5.41) is 6.75. The molecule has 2 aromatic heterocycles. The van der Waals surface area contributed by atoms with E-state index in [4.69, 9.17) is 4.42 Å². The molecule has 0 atom stereocenters. The zero-order valence-corrected chi connectivity index (χ0v) is 13.3. The van der Waals surface area contributed by atoms with Gasteiger partial charge in [-0.2, -0.15) is 5.10 Å². The number of ketones is 1. The summed E-state index contributed by atoms with van der Waals surface area (Å²) in [4.78, 5) is 28.8. The smallest absolute Gasteiger partial charge is 0.296 e. The zero-order valence-electron chi connectivity index (χ0n) is 13.3. The highest BCUT2D eigenvalue weighted by Crippen LogP contribution is 2.20. The Hall–Kier alpha value is -2.96. The van der Waals surface area contributed by atoms with Crippen molar-refractivity contribution in [2.24, 2.45) is 7.05 Å². The van der Waals surface area contributed by atoms with Crippen LogP contribution in [-0.4, -0.2) is 26.5 Å². The number of Topliss-reactive ketones (excluding diaryl/α,β-unsaturated/α-hetero) is 1. The number of amides is 1. The average molecular weight is 312 g/mol. The number of anilines is 1. The molecule has 2 heterocycles. The van der Waals surface area contributed by atoms with Crippen molar-refractivity contribution in [3.63, 3.8) is 0 Å². The zero-order chi connectivity index (χ0) is 16.7. The summed E-state index contributed by atoms with van der Waals surface area (Å²) < 4.78 is 7.00. The fourth-order valence-electron chi connectivity index (χ4n) is 2.52. The normalized spacial score (nSPS) is 11.0. The lowest BCUT2D eigenvalue weighted by Crippen LogP contribution is -2.24. The number of carbonyl (C=O) groups excluding carboxylic acids is 2. The standard InChI is InChI=1S/C16H16N4O3/c1-8-14(9(2)20(4)19-8)15(21)16(22)18-11-5-6-12-13(7-11)23-10(3)17-12/h5-7H,1-4H3,(H,18,22). The summed E-state index contributed by atoms with van der Waals surface area (Å²) >= 11 is 0. The number of nitrogens with zero attached hydrogens (tertiary/aromatic N) is 3. The van der Waals surface area contributed by atoms with Gasteiger partial charge < -0.3 is 9.73 Å². The van der Waals surface area contributed by atoms with E-state index in [-0.39, 0.29) is 0 Å². The third kappa shape index (κ3) is 2.61. The number of oxazole rings is 1. The Labute approximate surface area is 132 Å². The first-order valence-corrected chi connectivity index (χ1v) is 7.10. The average Bonchev–Trinajstić information content (AvgIpc) is 2.97. The van der Waals surface area contributed by atoms with Gasteiger partial charge in [0, 0.05) is 31.4 Å². The summed E-state index contributed by atoms with van der Waals surface area (Å²) in [6, 6.07) is 5.05. The second kappa shape index (κ2) is 5.35. The first-order chi connectivity index (χ1) is 10.9. The van der Waals surface area contributed by atoms with E-state index in [1.807, 2.05) is 0 Å². The highest BCUT2D eigenvalue weighted by Gasteiger charge is 2.24. The first kappa shape index (κ1) is 15.0. The molecule has 1 N–H and O–H groups in total. The van der Waals surface area contributed by atoms with Gasteiger partial charge >= 0.3 is 0 Å². The van der Waals surface area contributed by atoms with Crippen molar-refractivity contribution in [2.75, 3.05) is 5.32 Å². The van der Waals surface area contributed by atoms with Gasteiger partial charge in [0.2, 0.25) is 0 Å². The van der Waals surface area contributed by atoms with Crippen molar-refractivity contribution in [3.05, 3.63) is 41.0 Å². The second-order valence-corrected chi connectivity index (χ2v) is 5.37. The third-order valence-corrected chi connectivity index (χ3v) is 3.70. The minimum atomic E-state index is -0.709. The number of hydrogen-bond acceptors (Lipinski definition) is 5. The predicted octanol–water partition coefficient (Wildman–Crippen LogP) is 2.31. The van der Waals surface area contributed by atoms with Crippen LogP contribution in [-0.2, 0) is 11.8 Å². The maximum atomic E-state index is 12.4. The van der Waals surface area contributed by atoms with Crippen LogP contribution < -0.4 is 5.32 Å². The number of nitrogens with one attached hydrogen (secondary N) is 1. The van der Waals surface area contributed by atoms with Gasteiger partial charge in [0.05, 0.1) is 11.3 Å². The molecule has 3 aromatic rings. The van der Waals surface area contributed by atoms with Crippen LogP contribution in [0.25, 0.3) is 11.1 Å². The van der Waals surface area contributed by atoms with Crippen LogP contribution in [0.3, 0.4) is 0 Å². The first-order valence-electron chi connectivity index (χ1n) is 7.10. The molecular formula is C16H16N4O3. The number of aromatic nitrogens is 3. The molecule has 0 aliphatic heterocycles. The van der Waals surface area contributed by atoms with Crippen LogP contribution >= 0.6 is 0 Å². The summed E-state index contributed by atoms with van der Waals surface area (Å²) in [7, 11) is 1.73. The van der Waals surface area contributed by atoms with Gasteiger partial charge in [-0.15, -0.1) is 0 Å². The SMILES string of the molecule is Cc1nc2ccc(NC(=O)C(=O)c3c(C)nn(C)c3C)cc2o1. The number of hydrogen-bond donors (Lipinski definition) is 1. The Balaban J connectivity index is 1.86. The van der Waals surface area contributed by atoms with Gasteiger partial charge in [0.25, 0.3) is 11.7 Å². The monoisotopic (exact) mass is 312 g/mol. The van der Waals surface area contributed by atoms with Crippen LogP contribution in [0, 0.1) is 20.8 Å². The quantitative estimate of drug-likeness (QED) is 0.592. The maximum Gasteiger partial charge on any atom is 0.296 e. The van der Waals surface area contributed by atoms with Crippen molar-refractivity contribution in [1.82, 2.24) is 14.8 Å². The Morgan fingerprint density at radius 3 is 2.61 bits per heavy atom. The van der Waals surface area contributed by atoms with Crippen LogP contribution in [0.15, 0.2) is 22.6 Å². The molecule has 0 unspecified atom stereocenters. The number of aryl methyl sites for hydroxylation is 3. The molecule has 0 spiro atoms. The molecule has 0 radical (unpaired) electrons. The summed E-state index contributed by atoms with van der Waals surface area (Å²) in [6.45, 7) is 5.20. The Bertz CT molecular complexity index is 936. The molecule has 7 nitrogen and oxygen atoms in total. The van der Waals surface area contributed by atoms with Gasteiger partial charge in [-0.1, -0.05) is 0 Å². The van der Waals surface area contributed by atoms with E-state index in [1.165, 1.54) is 0 Å². The fourth-order valence-corrected chi connectivity index (χ4v) is 2.52. The van der Waals surface area contributed by atoms with E-state index in [9.17, 15) is 9.59 Å². The van der Waals surface area contributed by atoms with Crippen molar-refractivity contribution in [2.45, 2.75) is 20.8 Å². The highest BCUT2D eigenvalue weighted by molar-refractivity contribution is 6.47. The molecule has 0 aliphatic carbocycles. The summed E-state index contributed by atoms with van der Waals surface area (Å²) in [5.41, 5.74) is 3.26. The molecule has 0 fully saturated rings. The number of benzene rings is 1. The van der Waals surface area contributed by atoms with Crippen molar-refractivity contribution in [1.29, 1.82) is 0 Å². The molecule has 1 amide bonds. The minimum absolute atomic E-state index is 0.335. The molecule has 23 heavy (non-hydrogen) atoms. The molecule has 7 heteroatoms. The Morgan fingerprint density at radius 1 is 1.22 bits per heavy atom. The van der Waals surface area contributed by atoms with Gasteiger partial charge in [-0.3, -0.25) is 14.3 Å². The highest BCUT2D eigenvalue weighted by atomic mass is 16.3. The second-order valence-electron chi connectivity index (χ2n) is 5.37. The molecular weight excluding hydrogens is 296 g/mol. The molecule has 1 aromatic carbocycles. The minimum Gasteiger partial charge on any atom is -0.441 e. The van der Waals surface area contributed by atoms with Crippen LogP contribution in [0.1, 0.15) is 27.6 Å². The maximum absolute atomic E-state index is 12.4. The lowest BCUT2D eigenvalue weighted by Gasteiger charge is -2.04. The fraction of sp³-hybridized carbons (Fsp3) is 0.250. The van der Waals surface area contributed by atoms with Crippen LogP contribution in [0.2, 0.25) is 0 Å². The molecule has 0 aliphatic rings. The summed E-state index contributed by atoms with van der Waals surface area (Å²) in [6.07, 6.45) is 0. The predicted molar refractivity (Wildman–Crippen MR) is 84.4 cm³/mol. The Kier molecular flexibility index (Phi) is 3.48. The number of carbonyl (C=O) groups is 2. The molecule has 3 rings (SSSR count). The van der Waals surface area contributed by atoms with E-state index >= 15 is 0 Å². The van der Waals surface area contributed by atoms with Crippen molar-refractivity contribution in [3.8, 4) is 0 Å². The van der Waals surface area contributed by atoms with Gasteiger partial charge in [-0.05, 0) is 26.0 Å². The van der Waals surface area contributed by atoms with Crippen LogP contribution in [0.5, 0.6) is 0 Å². The Morgan fingerprint density at radius 2 is 1.96 bits per heavy atom. The lowest BCUT2D eigenvalue weighted by molar-refractivity contribution is -0.112. The third-order valence-electron chi connectivity index (χ3n) is 3.70. The lowest BCUT2D eigenvalue weighted by atomic mass is 10.1. The topological polar surface area (TPSA) is 90.0 Å². The number of rotatable bonds is 3. The molecule has 0 saturated heterocycles. The van der Waals surface area contributed by atoms with E-state index in [2.05, 4.69) is 15.4 Å². The van der Waals surface area contributed by atoms with Gasteiger partial charge in [-0.25, -0.2) is 4.98 Å². The van der Waals surface area contributed by atoms with Gasteiger partial charge in [0.1, 0.15) is 5.52 Å². The van der Waals surface area contributed by atoms with Crippen LogP contribution in [0.4, 0.5) is 5.69 Å². The van der Waals surface area contributed by atoms with E-state index in [0.717, 1.165) is 0 Å². The largest absolute Gasteiger partial charge is 0.441 e. The summed E-state index contributed by atoms with van der Waals surface area (Å²) in [5.74, 6) is -0.775. The van der Waals surface area contributed by atoms with Crippen molar-refractivity contribution >= 4 is 28.5 Å². The van der Waals surface area contributed by atoms with E-state index in [1.54, 1.807) is 50.7 Å². The molecule has 0 bridgehead atoms. The number of fused-ring (bicyclic) bond motifs is 1. The van der Waals surface area contributed by atoms with E-state index in [0.29, 0.717) is 39.6 Å². The molecule has 0 saturated carbocycles. The van der Waals surface area contributed by atoms with E-state index < -0.39 is 11.7 Å².